The molecule has 0 aromatic heterocycles. The molecule has 27 heavy (non-hydrogen) atoms. The van der Waals surface area contributed by atoms with Gasteiger partial charge in [-0.3, -0.25) is 4.79 Å². The summed E-state index contributed by atoms with van der Waals surface area (Å²) in [6.45, 7) is 0. The number of nitrogens with two attached hydrogens (primary N) is 1. The van der Waals surface area contributed by atoms with Crippen molar-refractivity contribution in [3.63, 3.8) is 0 Å². The van der Waals surface area contributed by atoms with Crippen molar-refractivity contribution in [2.75, 3.05) is 0 Å². The SMILES string of the molecule is N#CC1=C(N)SC(C(=O)C23CC4CC(CC(C4)C2)C3)C1c1ccc(F)cc1. The van der Waals surface area contributed by atoms with Crippen LogP contribution in [0.15, 0.2) is 34.9 Å². The molecule has 4 bridgehead atoms. The van der Waals surface area contributed by atoms with Crippen LogP contribution in [0.25, 0.3) is 0 Å². The highest BCUT2D eigenvalue weighted by atomic mass is 32.2. The summed E-state index contributed by atoms with van der Waals surface area (Å²) < 4.78 is 13.4. The quantitative estimate of drug-likeness (QED) is 0.835. The van der Waals surface area contributed by atoms with Crippen LogP contribution in [-0.2, 0) is 4.79 Å². The summed E-state index contributed by atoms with van der Waals surface area (Å²) in [5, 5.41) is 9.76. The standard InChI is InChI=1S/C22H23FN2OS/c23-16-3-1-15(2-4-16)18-17(11-24)21(25)27-19(18)20(26)22-8-12-5-13(9-22)7-14(6-12)10-22/h1-4,12-14,18-19H,5-10,25H2. The third kappa shape index (κ3) is 2.64. The molecule has 5 aliphatic rings. The van der Waals surface area contributed by atoms with E-state index in [4.69, 9.17) is 5.73 Å². The van der Waals surface area contributed by atoms with E-state index in [1.54, 1.807) is 12.1 Å². The van der Waals surface area contributed by atoms with Gasteiger partial charge >= 0.3 is 0 Å². The minimum atomic E-state index is -0.360. The predicted octanol–water partition coefficient (Wildman–Crippen LogP) is 4.50. The predicted molar refractivity (Wildman–Crippen MR) is 103 cm³/mol. The fraction of sp³-hybridized carbons (Fsp3) is 0.545. The number of carbonyl (C=O) groups excluding carboxylic acids is 1. The largest absolute Gasteiger partial charge is 0.393 e. The summed E-state index contributed by atoms with van der Waals surface area (Å²) in [4.78, 5) is 13.9. The van der Waals surface area contributed by atoms with Crippen LogP contribution in [0, 0.1) is 40.3 Å². The lowest BCUT2D eigenvalue weighted by Gasteiger charge is -2.56. The Balaban J connectivity index is 1.51. The molecule has 3 nitrogen and oxygen atoms in total. The Labute approximate surface area is 163 Å². The number of benzene rings is 1. The number of thioether (sulfide) groups is 1. The van der Waals surface area contributed by atoms with Crippen molar-refractivity contribution in [1.82, 2.24) is 0 Å². The van der Waals surface area contributed by atoms with Crippen molar-refractivity contribution in [3.05, 3.63) is 46.2 Å². The van der Waals surface area contributed by atoms with E-state index in [-0.39, 0.29) is 28.2 Å². The van der Waals surface area contributed by atoms with Gasteiger partial charge in [-0.05, 0) is 74.0 Å². The zero-order chi connectivity index (χ0) is 18.8. The molecule has 2 atom stereocenters. The van der Waals surface area contributed by atoms with E-state index in [1.165, 1.54) is 43.2 Å². The van der Waals surface area contributed by atoms with E-state index in [0.29, 0.717) is 28.4 Å². The van der Waals surface area contributed by atoms with Crippen LogP contribution in [0.4, 0.5) is 4.39 Å². The molecule has 1 heterocycles. The van der Waals surface area contributed by atoms with Gasteiger partial charge in [0.15, 0.2) is 5.78 Å². The number of hydrogen-bond donors (Lipinski definition) is 1. The van der Waals surface area contributed by atoms with Crippen molar-refractivity contribution in [1.29, 1.82) is 5.26 Å². The fourth-order valence-electron chi connectivity index (χ4n) is 6.63. The number of rotatable bonds is 3. The molecule has 2 N–H and O–H groups in total. The van der Waals surface area contributed by atoms with Gasteiger partial charge in [-0.1, -0.05) is 23.9 Å². The third-order valence-electron chi connectivity index (χ3n) is 7.30. The molecule has 0 saturated heterocycles. The molecule has 4 aliphatic carbocycles. The summed E-state index contributed by atoms with van der Waals surface area (Å²) in [7, 11) is 0. The number of Topliss-reactive ketones (excluding diaryl/α,β-unsaturated/α-hetero) is 1. The Kier molecular flexibility index (Phi) is 3.91. The highest BCUT2D eigenvalue weighted by molar-refractivity contribution is 8.04. The molecule has 4 fully saturated rings. The number of allylic oxidation sites excluding steroid dienone is 1. The Morgan fingerprint density at radius 1 is 1.11 bits per heavy atom. The van der Waals surface area contributed by atoms with Gasteiger partial charge in [0.05, 0.1) is 21.9 Å². The number of nitrogens with zero attached hydrogens (tertiary/aromatic N) is 1. The Morgan fingerprint density at radius 2 is 1.67 bits per heavy atom. The fourth-order valence-corrected chi connectivity index (χ4v) is 7.99. The normalized spacial score (nSPS) is 39.6. The lowest BCUT2D eigenvalue weighted by atomic mass is 9.48. The van der Waals surface area contributed by atoms with E-state index >= 15 is 0 Å². The average Bonchev–Trinajstić information content (AvgIpc) is 2.96. The maximum atomic E-state index is 13.9. The zero-order valence-electron chi connectivity index (χ0n) is 15.2. The van der Waals surface area contributed by atoms with Crippen LogP contribution in [0.2, 0.25) is 0 Å². The van der Waals surface area contributed by atoms with E-state index in [2.05, 4.69) is 6.07 Å². The molecule has 5 heteroatoms. The number of halogens is 1. The third-order valence-corrected chi connectivity index (χ3v) is 8.52. The molecule has 4 saturated carbocycles. The monoisotopic (exact) mass is 382 g/mol. The number of ketones is 1. The van der Waals surface area contributed by atoms with Crippen molar-refractivity contribution >= 4 is 17.5 Å². The number of hydrogen-bond acceptors (Lipinski definition) is 4. The first-order valence-electron chi connectivity index (χ1n) is 9.85. The van der Waals surface area contributed by atoms with Gasteiger partial charge in [-0.2, -0.15) is 5.26 Å². The van der Waals surface area contributed by atoms with Crippen LogP contribution >= 0.6 is 11.8 Å². The van der Waals surface area contributed by atoms with Crippen LogP contribution in [0.1, 0.15) is 50.0 Å². The highest BCUT2D eigenvalue weighted by Crippen LogP contribution is 2.62. The second-order valence-corrected chi connectivity index (χ2v) is 10.2. The van der Waals surface area contributed by atoms with E-state index < -0.39 is 0 Å². The highest BCUT2D eigenvalue weighted by Gasteiger charge is 2.57. The minimum absolute atomic E-state index is 0.226. The van der Waals surface area contributed by atoms with Gasteiger partial charge in [0.1, 0.15) is 5.82 Å². The van der Waals surface area contributed by atoms with Gasteiger partial charge in [0, 0.05) is 11.3 Å². The molecule has 1 aliphatic heterocycles. The molecule has 0 spiro atoms. The van der Waals surface area contributed by atoms with Gasteiger partial charge in [0.25, 0.3) is 0 Å². The molecular weight excluding hydrogens is 359 g/mol. The first-order chi connectivity index (χ1) is 13.0. The van der Waals surface area contributed by atoms with Crippen molar-refractivity contribution in [2.24, 2.45) is 28.9 Å². The molecule has 0 radical (unpaired) electrons. The first-order valence-corrected chi connectivity index (χ1v) is 10.7. The van der Waals surface area contributed by atoms with Crippen molar-refractivity contribution in [2.45, 2.75) is 49.7 Å². The summed E-state index contributed by atoms with van der Waals surface area (Å²) in [5.74, 6) is 1.68. The molecule has 0 amide bonds. The molecule has 1 aromatic carbocycles. The van der Waals surface area contributed by atoms with Gasteiger partial charge in [-0.15, -0.1) is 0 Å². The van der Waals surface area contributed by atoms with Crippen LogP contribution in [0.5, 0.6) is 0 Å². The van der Waals surface area contributed by atoms with E-state index in [9.17, 15) is 14.4 Å². The Morgan fingerprint density at radius 3 is 2.19 bits per heavy atom. The molecular formula is C22H23FN2OS. The number of nitriles is 1. The topological polar surface area (TPSA) is 66.9 Å². The minimum Gasteiger partial charge on any atom is -0.393 e. The summed E-state index contributed by atoms with van der Waals surface area (Å²) in [6, 6.07) is 8.40. The maximum absolute atomic E-state index is 13.9. The smallest absolute Gasteiger partial charge is 0.153 e. The number of carbonyl (C=O) groups is 1. The zero-order valence-corrected chi connectivity index (χ0v) is 16.0. The van der Waals surface area contributed by atoms with Crippen LogP contribution < -0.4 is 5.73 Å². The molecule has 6 rings (SSSR count). The molecule has 140 valence electrons. The maximum Gasteiger partial charge on any atom is 0.153 e. The van der Waals surface area contributed by atoms with Crippen LogP contribution in [0.3, 0.4) is 0 Å². The summed E-state index contributed by atoms with van der Waals surface area (Å²) >= 11 is 1.35. The van der Waals surface area contributed by atoms with E-state index in [1.807, 2.05) is 0 Å². The lowest BCUT2D eigenvalue weighted by Crippen LogP contribution is -2.52. The average molecular weight is 383 g/mol. The first kappa shape index (κ1) is 17.3. The van der Waals surface area contributed by atoms with Crippen molar-refractivity contribution in [3.8, 4) is 6.07 Å². The lowest BCUT2D eigenvalue weighted by molar-refractivity contribution is -0.143. The van der Waals surface area contributed by atoms with Gasteiger partial charge < -0.3 is 5.73 Å². The second-order valence-electron chi connectivity index (χ2n) is 9.02. The van der Waals surface area contributed by atoms with Gasteiger partial charge in [-0.25, -0.2) is 4.39 Å². The summed E-state index contributed by atoms with van der Waals surface area (Å²) in [5.41, 5.74) is 7.21. The van der Waals surface area contributed by atoms with Crippen LogP contribution in [-0.4, -0.2) is 11.0 Å². The second kappa shape index (κ2) is 6.10. The Hall–Kier alpha value is -1.80. The van der Waals surface area contributed by atoms with Crippen molar-refractivity contribution < 1.29 is 9.18 Å². The Bertz CT molecular complexity index is 834. The summed E-state index contributed by atoms with van der Waals surface area (Å²) in [6.07, 6.45) is 6.88. The van der Waals surface area contributed by atoms with Gasteiger partial charge in [0.2, 0.25) is 0 Å². The molecule has 1 aromatic rings. The van der Waals surface area contributed by atoms with E-state index in [0.717, 1.165) is 24.8 Å². The molecule has 2 unspecified atom stereocenters.